The first-order chi connectivity index (χ1) is 7.14. The van der Waals surface area contributed by atoms with Crippen LogP contribution < -0.4 is 0 Å². The molecule has 2 atom stereocenters. The molecule has 6 nitrogen and oxygen atoms in total. The minimum absolute atomic E-state index is 0.280. The summed E-state index contributed by atoms with van der Waals surface area (Å²) in [5.74, 6) is -3.08. The first-order valence-corrected chi connectivity index (χ1v) is 6.37. The summed E-state index contributed by atoms with van der Waals surface area (Å²) in [5.41, 5.74) is 0. The van der Waals surface area contributed by atoms with E-state index in [1.54, 1.807) is 0 Å². The van der Waals surface area contributed by atoms with Crippen LogP contribution in [-0.4, -0.2) is 34.2 Å². The summed E-state index contributed by atoms with van der Waals surface area (Å²) in [5, 5.41) is 0. The zero-order valence-electron chi connectivity index (χ0n) is 8.22. The van der Waals surface area contributed by atoms with Crippen LogP contribution in [0.15, 0.2) is 0 Å². The van der Waals surface area contributed by atoms with Crippen LogP contribution in [-0.2, 0) is 27.9 Å². The Hall–Kier alpha value is -0.280. The van der Waals surface area contributed by atoms with Gasteiger partial charge < -0.3 is 0 Å². The maximum Gasteiger partial charge on any atom is 0.551 e. The van der Waals surface area contributed by atoms with Crippen molar-refractivity contribution in [2.75, 3.05) is 13.7 Å². The Kier molecular flexibility index (Phi) is 5.77. The number of halogens is 3. The van der Waals surface area contributed by atoms with Crippen molar-refractivity contribution in [3.8, 4) is 0 Å². The largest absolute Gasteiger partial charge is 0.551 e. The quantitative estimate of drug-likeness (QED) is 0.689. The van der Waals surface area contributed by atoms with Crippen molar-refractivity contribution in [3.05, 3.63) is 0 Å². The van der Waals surface area contributed by atoms with Gasteiger partial charge in [0.15, 0.2) is 0 Å². The Bertz CT molecular complexity index is 339. The van der Waals surface area contributed by atoms with E-state index in [4.69, 9.17) is 0 Å². The standard InChI is InChI=1S/C5H9F3O6PS/c1-3-13-15(9)4(5(6,7)8)14-16(10,11)12-2/h4H,3H2,1-2H3/q+1. The van der Waals surface area contributed by atoms with Crippen LogP contribution >= 0.6 is 8.03 Å². The molecule has 0 amide bonds. The van der Waals surface area contributed by atoms with Crippen molar-refractivity contribution in [1.82, 2.24) is 0 Å². The highest BCUT2D eigenvalue weighted by Crippen LogP contribution is 2.42. The van der Waals surface area contributed by atoms with Crippen molar-refractivity contribution in [3.63, 3.8) is 0 Å². The van der Waals surface area contributed by atoms with E-state index in [0.717, 1.165) is 0 Å². The molecule has 0 aliphatic carbocycles. The molecule has 0 spiro atoms. The molecule has 0 N–H and O–H groups in total. The van der Waals surface area contributed by atoms with Gasteiger partial charge in [0.1, 0.15) is 0 Å². The van der Waals surface area contributed by atoms with Gasteiger partial charge in [-0.2, -0.15) is 25.8 Å². The van der Waals surface area contributed by atoms with Crippen molar-refractivity contribution >= 4 is 18.4 Å². The maximum absolute atomic E-state index is 12.3. The van der Waals surface area contributed by atoms with Gasteiger partial charge >= 0.3 is 30.4 Å². The third kappa shape index (κ3) is 5.17. The zero-order chi connectivity index (χ0) is 13.0. The van der Waals surface area contributed by atoms with Crippen LogP contribution in [0.1, 0.15) is 6.92 Å². The molecule has 0 rings (SSSR count). The van der Waals surface area contributed by atoms with Gasteiger partial charge in [-0.1, -0.05) is 0 Å². The predicted molar refractivity (Wildman–Crippen MR) is 46.1 cm³/mol. The number of rotatable bonds is 6. The summed E-state index contributed by atoms with van der Waals surface area (Å²) in [6.07, 6.45) is -5.14. The van der Waals surface area contributed by atoms with Gasteiger partial charge in [0.25, 0.3) is 0 Å². The second-order valence-electron chi connectivity index (χ2n) is 2.27. The lowest BCUT2D eigenvalue weighted by molar-refractivity contribution is -0.171. The highest BCUT2D eigenvalue weighted by Gasteiger charge is 2.59. The molecule has 0 aromatic heterocycles. The van der Waals surface area contributed by atoms with Crippen LogP contribution in [0.2, 0.25) is 0 Å². The molecule has 0 heterocycles. The first-order valence-electron chi connectivity index (χ1n) is 3.79. The van der Waals surface area contributed by atoms with Crippen LogP contribution in [0.25, 0.3) is 0 Å². The van der Waals surface area contributed by atoms with Crippen LogP contribution in [0.4, 0.5) is 13.2 Å². The van der Waals surface area contributed by atoms with Crippen LogP contribution in [0.3, 0.4) is 0 Å². The van der Waals surface area contributed by atoms with Gasteiger partial charge in [-0.3, -0.25) is 4.18 Å². The lowest BCUT2D eigenvalue weighted by Gasteiger charge is -2.09. The van der Waals surface area contributed by atoms with Gasteiger partial charge in [0.05, 0.1) is 13.7 Å². The molecule has 0 fully saturated rings. The van der Waals surface area contributed by atoms with Crippen LogP contribution in [0.5, 0.6) is 0 Å². The number of hydrogen-bond donors (Lipinski definition) is 0. The first kappa shape index (κ1) is 15.7. The smallest absolute Gasteiger partial charge is 0.251 e. The fourth-order valence-corrected chi connectivity index (χ4v) is 2.19. The van der Waals surface area contributed by atoms with Gasteiger partial charge in [0, 0.05) is 0 Å². The van der Waals surface area contributed by atoms with E-state index in [1.807, 2.05) is 0 Å². The van der Waals surface area contributed by atoms with Gasteiger partial charge in [-0.15, -0.1) is 4.52 Å². The van der Waals surface area contributed by atoms with Crippen molar-refractivity contribution < 1.29 is 39.0 Å². The molecule has 0 aliphatic rings. The fourth-order valence-electron chi connectivity index (χ4n) is 0.555. The van der Waals surface area contributed by atoms with E-state index < -0.39 is 30.4 Å². The molecule has 0 radical (unpaired) electrons. The molecule has 0 saturated carbocycles. The lowest BCUT2D eigenvalue weighted by atomic mass is 10.7. The van der Waals surface area contributed by atoms with Crippen molar-refractivity contribution in [2.45, 2.75) is 18.9 Å². The highest BCUT2D eigenvalue weighted by molar-refractivity contribution is 7.82. The molecule has 0 aromatic rings. The summed E-state index contributed by atoms with van der Waals surface area (Å²) in [6, 6.07) is 0. The van der Waals surface area contributed by atoms with Gasteiger partial charge in [0.2, 0.25) is 0 Å². The summed E-state index contributed by atoms with van der Waals surface area (Å²) in [6.45, 7) is 1.02. The summed E-state index contributed by atoms with van der Waals surface area (Å²) in [7, 11) is -7.60. The highest BCUT2D eigenvalue weighted by atomic mass is 32.3. The monoisotopic (exact) mass is 285 g/mol. The van der Waals surface area contributed by atoms with Crippen molar-refractivity contribution in [2.24, 2.45) is 0 Å². The Morgan fingerprint density at radius 1 is 1.38 bits per heavy atom. The lowest BCUT2D eigenvalue weighted by Crippen LogP contribution is -2.31. The van der Waals surface area contributed by atoms with E-state index in [0.29, 0.717) is 7.11 Å². The molecule has 0 aromatic carbocycles. The molecule has 0 bridgehead atoms. The Balaban J connectivity index is 4.91. The summed E-state index contributed by atoms with van der Waals surface area (Å²) >= 11 is 0. The van der Waals surface area contributed by atoms with E-state index in [1.165, 1.54) is 6.92 Å². The second-order valence-corrected chi connectivity index (χ2v) is 4.91. The average Bonchev–Trinajstić information content (AvgIpc) is 2.13. The van der Waals surface area contributed by atoms with E-state index >= 15 is 0 Å². The molecule has 11 heteroatoms. The predicted octanol–water partition coefficient (Wildman–Crippen LogP) is 1.56. The molecule has 0 saturated heterocycles. The average molecular weight is 285 g/mol. The second kappa shape index (κ2) is 5.87. The third-order valence-corrected chi connectivity index (χ3v) is 3.41. The van der Waals surface area contributed by atoms with Gasteiger partial charge in [-0.05, 0) is 11.5 Å². The summed E-state index contributed by atoms with van der Waals surface area (Å²) < 4.78 is 80.4. The normalized spacial score (nSPS) is 15.9. The van der Waals surface area contributed by atoms with E-state index in [9.17, 15) is 26.2 Å². The molecule has 96 valence electrons. The third-order valence-electron chi connectivity index (χ3n) is 1.14. The van der Waals surface area contributed by atoms with Gasteiger partial charge in [-0.25, -0.2) is 0 Å². The number of hydrogen-bond acceptors (Lipinski definition) is 6. The minimum atomic E-state index is -5.14. The number of alkyl halides is 3. The van der Waals surface area contributed by atoms with E-state index in [2.05, 4.69) is 12.9 Å². The Morgan fingerprint density at radius 3 is 2.19 bits per heavy atom. The fraction of sp³-hybridized carbons (Fsp3) is 1.00. The molecule has 16 heavy (non-hydrogen) atoms. The Morgan fingerprint density at radius 2 is 1.88 bits per heavy atom. The molecular formula is C5H9F3O6PS+. The Labute approximate surface area is 90.9 Å². The minimum Gasteiger partial charge on any atom is -0.251 e. The topological polar surface area (TPSA) is 78.9 Å². The van der Waals surface area contributed by atoms with Crippen molar-refractivity contribution in [1.29, 1.82) is 0 Å². The molecule has 2 unspecified atom stereocenters. The maximum atomic E-state index is 12.3. The molecular weight excluding hydrogens is 276 g/mol. The van der Waals surface area contributed by atoms with Crippen LogP contribution in [0, 0.1) is 0 Å². The molecule has 0 aliphatic heterocycles. The summed E-state index contributed by atoms with van der Waals surface area (Å²) in [4.78, 5) is 0. The van der Waals surface area contributed by atoms with E-state index in [-0.39, 0.29) is 6.61 Å². The zero-order valence-corrected chi connectivity index (χ0v) is 9.93. The SMILES string of the molecule is CCO[P+](=O)C(OS(=O)(=O)OC)C(F)(F)F.